The van der Waals surface area contributed by atoms with Crippen LogP contribution in [-0.2, 0) is 10.2 Å². The quantitative estimate of drug-likeness (QED) is 0.860. The van der Waals surface area contributed by atoms with Gasteiger partial charge in [0.15, 0.2) is 0 Å². The minimum Gasteiger partial charge on any atom is -0.368 e. The Morgan fingerprint density at radius 1 is 1.42 bits per heavy atom. The first kappa shape index (κ1) is 15.9. The number of amides is 1. The lowest BCUT2D eigenvalue weighted by Crippen LogP contribution is -2.39. The van der Waals surface area contributed by atoms with Gasteiger partial charge in [-0.1, -0.05) is 20.8 Å². The number of carbonyl (C=O) groups excluding carboxylic acids is 1. The Bertz CT molecular complexity index is 468. The molecule has 0 fully saturated rings. The van der Waals surface area contributed by atoms with Crippen LogP contribution in [0.1, 0.15) is 40.4 Å². The highest BCUT2D eigenvalue weighted by atomic mass is 79.9. The van der Waals surface area contributed by atoms with E-state index in [0.717, 1.165) is 5.82 Å². The largest absolute Gasteiger partial charge is 0.368 e. The molecule has 19 heavy (non-hydrogen) atoms. The van der Waals surface area contributed by atoms with Gasteiger partial charge in [-0.3, -0.25) is 4.79 Å². The minimum absolute atomic E-state index is 0.127. The number of nitrogens with two attached hydrogens (primary N) is 1. The normalized spacial score (nSPS) is 11.7. The van der Waals surface area contributed by atoms with Crippen LogP contribution in [0.15, 0.2) is 10.7 Å². The van der Waals surface area contributed by atoms with Gasteiger partial charge < -0.3 is 10.6 Å². The Balaban J connectivity index is 3.24. The predicted octanol–water partition coefficient (Wildman–Crippen LogP) is 2.24. The van der Waals surface area contributed by atoms with Gasteiger partial charge in [0.25, 0.3) is 0 Å². The first-order valence-corrected chi connectivity index (χ1v) is 7.00. The Kier molecular flexibility index (Phi) is 4.90. The third-order valence-electron chi connectivity index (χ3n) is 2.60. The summed E-state index contributed by atoms with van der Waals surface area (Å²) in [6.07, 6.45) is 0. The fourth-order valence-electron chi connectivity index (χ4n) is 1.58. The number of primary amides is 1. The number of halogens is 1. The molecule has 0 aliphatic carbocycles. The van der Waals surface area contributed by atoms with E-state index in [0.29, 0.717) is 10.4 Å². The summed E-state index contributed by atoms with van der Waals surface area (Å²) in [4.78, 5) is 22.0. The fraction of sp³-hybridized carbons (Fsp3) is 0.615. The molecule has 0 aliphatic rings. The zero-order valence-electron chi connectivity index (χ0n) is 12.1. The third kappa shape index (κ3) is 4.45. The molecule has 0 bridgehead atoms. The maximum Gasteiger partial charge on any atom is 0.237 e. The van der Waals surface area contributed by atoms with Crippen molar-refractivity contribution in [3.8, 4) is 0 Å². The van der Waals surface area contributed by atoms with Crippen LogP contribution in [0, 0.1) is 0 Å². The zero-order valence-corrected chi connectivity index (χ0v) is 13.7. The van der Waals surface area contributed by atoms with E-state index in [2.05, 4.69) is 25.9 Å². The van der Waals surface area contributed by atoms with Crippen LogP contribution in [0.4, 0.5) is 5.82 Å². The summed E-state index contributed by atoms with van der Waals surface area (Å²) >= 11 is 3.40. The molecule has 2 N–H and O–H groups in total. The Morgan fingerprint density at radius 2 is 2.00 bits per heavy atom. The van der Waals surface area contributed by atoms with Gasteiger partial charge >= 0.3 is 0 Å². The van der Waals surface area contributed by atoms with E-state index in [-0.39, 0.29) is 23.9 Å². The lowest BCUT2D eigenvalue weighted by atomic mass is 9.96. The van der Waals surface area contributed by atoms with E-state index in [9.17, 15) is 4.79 Å². The van der Waals surface area contributed by atoms with E-state index in [1.54, 1.807) is 6.07 Å². The number of anilines is 1. The van der Waals surface area contributed by atoms with E-state index in [4.69, 9.17) is 5.73 Å². The van der Waals surface area contributed by atoms with Crippen molar-refractivity contribution in [3.63, 3.8) is 0 Å². The predicted molar refractivity (Wildman–Crippen MR) is 80.1 cm³/mol. The molecule has 0 aromatic carbocycles. The van der Waals surface area contributed by atoms with Crippen molar-refractivity contribution in [3.05, 3.63) is 16.5 Å². The standard InChI is InChI=1S/C13H21BrN4O/c1-8(2)18(7-10(15)19)11-6-9(14)16-12(17-11)13(3,4)5/h6,8H,7H2,1-5H3,(H2,15,19). The first-order chi connectivity index (χ1) is 8.61. The zero-order chi connectivity index (χ0) is 14.8. The van der Waals surface area contributed by atoms with Gasteiger partial charge in [-0.2, -0.15) is 0 Å². The van der Waals surface area contributed by atoms with Crippen molar-refractivity contribution >= 4 is 27.7 Å². The van der Waals surface area contributed by atoms with Gasteiger partial charge in [0.05, 0.1) is 6.54 Å². The van der Waals surface area contributed by atoms with Crippen LogP contribution in [0.2, 0.25) is 0 Å². The maximum atomic E-state index is 11.2. The van der Waals surface area contributed by atoms with Crippen molar-refractivity contribution < 1.29 is 4.79 Å². The van der Waals surface area contributed by atoms with Crippen molar-refractivity contribution in [1.82, 2.24) is 9.97 Å². The van der Waals surface area contributed by atoms with E-state index >= 15 is 0 Å². The minimum atomic E-state index is -0.374. The average Bonchev–Trinajstić information content (AvgIpc) is 2.23. The Hall–Kier alpha value is -1.17. The van der Waals surface area contributed by atoms with Crippen LogP contribution >= 0.6 is 15.9 Å². The molecule has 6 heteroatoms. The lowest BCUT2D eigenvalue weighted by molar-refractivity contribution is -0.116. The molecule has 5 nitrogen and oxygen atoms in total. The lowest BCUT2D eigenvalue weighted by Gasteiger charge is -2.28. The molecular formula is C13H21BrN4O. The van der Waals surface area contributed by atoms with Gasteiger partial charge in [0, 0.05) is 17.5 Å². The molecule has 1 aromatic heterocycles. The topological polar surface area (TPSA) is 72.1 Å². The molecular weight excluding hydrogens is 308 g/mol. The summed E-state index contributed by atoms with van der Waals surface area (Å²) in [6, 6.07) is 1.93. The van der Waals surface area contributed by atoms with E-state index in [1.807, 2.05) is 39.5 Å². The molecule has 0 aliphatic heterocycles. The van der Waals surface area contributed by atoms with E-state index in [1.165, 1.54) is 0 Å². The van der Waals surface area contributed by atoms with Crippen LogP contribution in [-0.4, -0.2) is 28.5 Å². The van der Waals surface area contributed by atoms with Crippen LogP contribution in [0.25, 0.3) is 0 Å². The number of aromatic nitrogens is 2. The average molecular weight is 329 g/mol. The summed E-state index contributed by atoms with van der Waals surface area (Å²) < 4.78 is 0.706. The third-order valence-corrected chi connectivity index (χ3v) is 3.00. The molecule has 0 saturated carbocycles. The number of carbonyl (C=O) groups is 1. The van der Waals surface area contributed by atoms with Crippen molar-refractivity contribution in [1.29, 1.82) is 0 Å². The molecule has 1 aromatic rings. The van der Waals surface area contributed by atoms with Gasteiger partial charge in [0.1, 0.15) is 16.2 Å². The fourth-order valence-corrected chi connectivity index (χ4v) is 1.96. The van der Waals surface area contributed by atoms with Gasteiger partial charge in [-0.15, -0.1) is 0 Å². The summed E-state index contributed by atoms with van der Waals surface area (Å²) in [5.74, 6) is 1.06. The Labute approximate surface area is 122 Å². The second-order valence-corrected chi connectivity index (χ2v) is 6.62. The van der Waals surface area contributed by atoms with Gasteiger partial charge in [-0.05, 0) is 29.8 Å². The summed E-state index contributed by atoms with van der Waals surface area (Å²) in [5.41, 5.74) is 5.14. The second kappa shape index (κ2) is 5.86. The van der Waals surface area contributed by atoms with Crippen LogP contribution in [0.3, 0.4) is 0 Å². The van der Waals surface area contributed by atoms with Crippen molar-refractivity contribution in [2.24, 2.45) is 5.73 Å². The van der Waals surface area contributed by atoms with Crippen molar-refractivity contribution in [2.75, 3.05) is 11.4 Å². The number of rotatable bonds is 4. The van der Waals surface area contributed by atoms with Crippen LogP contribution in [0.5, 0.6) is 0 Å². The van der Waals surface area contributed by atoms with Crippen LogP contribution < -0.4 is 10.6 Å². The monoisotopic (exact) mass is 328 g/mol. The molecule has 0 saturated heterocycles. The maximum absolute atomic E-state index is 11.2. The summed E-state index contributed by atoms with van der Waals surface area (Å²) in [6.45, 7) is 10.3. The smallest absolute Gasteiger partial charge is 0.237 e. The number of hydrogen-bond donors (Lipinski definition) is 1. The number of nitrogens with zero attached hydrogens (tertiary/aromatic N) is 3. The summed E-state index contributed by atoms with van der Waals surface area (Å²) in [7, 11) is 0. The first-order valence-electron chi connectivity index (χ1n) is 6.21. The molecule has 0 atom stereocenters. The SMILES string of the molecule is CC(C)N(CC(N)=O)c1cc(Br)nc(C(C)(C)C)n1. The highest BCUT2D eigenvalue weighted by Crippen LogP contribution is 2.25. The number of hydrogen-bond acceptors (Lipinski definition) is 4. The highest BCUT2D eigenvalue weighted by Gasteiger charge is 2.22. The van der Waals surface area contributed by atoms with Gasteiger partial charge in [0.2, 0.25) is 5.91 Å². The molecule has 0 radical (unpaired) electrons. The molecule has 0 unspecified atom stereocenters. The molecule has 106 valence electrons. The van der Waals surface area contributed by atoms with Crippen molar-refractivity contribution in [2.45, 2.75) is 46.1 Å². The molecule has 1 heterocycles. The highest BCUT2D eigenvalue weighted by molar-refractivity contribution is 9.10. The Morgan fingerprint density at radius 3 is 2.42 bits per heavy atom. The summed E-state index contributed by atoms with van der Waals surface area (Å²) in [5, 5.41) is 0. The molecule has 0 spiro atoms. The molecule has 1 amide bonds. The second-order valence-electron chi connectivity index (χ2n) is 5.81. The molecule has 1 rings (SSSR count). The van der Waals surface area contributed by atoms with E-state index < -0.39 is 0 Å². The van der Waals surface area contributed by atoms with Gasteiger partial charge in [-0.25, -0.2) is 9.97 Å².